The zero-order valence-electron chi connectivity index (χ0n) is 15.5. The van der Waals surface area contributed by atoms with Gasteiger partial charge in [-0.05, 0) is 59.4 Å². The number of hydrogen-bond acceptors (Lipinski definition) is 5. The summed E-state index contributed by atoms with van der Waals surface area (Å²) in [4.78, 5) is 17.2. The molecule has 4 heterocycles. The van der Waals surface area contributed by atoms with Gasteiger partial charge in [-0.15, -0.1) is 0 Å². The Morgan fingerprint density at radius 1 is 1.12 bits per heavy atom. The summed E-state index contributed by atoms with van der Waals surface area (Å²) in [6.07, 6.45) is 6.00. The van der Waals surface area contributed by atoms with E-state index in [1.165, 1.54) is 12.8 Å². The molecule has 1 aromatic heterocycles. The summed E-state index contributed by atoms with van der Waals surface area (Å²) in [5.74, 6) is 0.285. The lowest BCUT2D eigenvalue weighted by molar-refractivity contribution is 0.00578. The van der Waals surface area contributed by atoms with Crippen LogP contribution in [-0.4, -0.2) is 41.2 Å². The van der Waals surface area contributed by atoms with Gasteiger partial charge in [0.05, 0.1) is 11.2 Å². The zero-order chi connectivity index (χ0) is 17.8. The summed E-state index contributed by atoms with van der Waals surface area (Å²) in [5.41, 5.74) is 0.674. The van der Waals surface area contributed by atoms with Crippen LogP contribution in [0.15, 0.2) is 18.3 Å². The normalized spacial score (nSPS) is 32.8. The van der Waals surface area contributed by atoms with E-state index in [-0.39, 0.29) is 22.9 Å². The Morgan fingerprint density at radius 3 is 2.24 bits per heavy atom. The molecule has 134 valence electrons. The average Bonchev–Trinajstić information content (AvgIpc) is 3.01. The smallest absolute Gasteiger partial charge is 0.399 e. The van der Waals surface area contributed by atoms with Crippen LogP contribution >= 0.6 is 0 Å². The Balaban J connectivity index is 1.46. The highest BCUT2D eigenvalue weighted by atomic mass is 16.7. The lowest BCUT2D eigenvalue weighted by atomic mass is 9.80. The van der Waals surface area contributed by atoms with Gasteiger partial charge in [0, 0.05) is 29.7 Å². The van der Waals surface area contributed by atoms with E-state index in [9.17, 15) is 4.79 Å². The van der Waals surface area contributed by atoms with E-state index in [1.807, 2.05) is 39.8 Å². The number of pyridine rings is 1. The summed E-state index contributed by atoms with van der Waals surface area (Å²) < 4.78 is 12.1. The predicted octanol–water partition coefficient (Wildman–Crippen LogP) is 2.09. The van der Waals surface area contributed by atoms with Gasteiger partial charge >= 0.3 is 7.12 Å². The van der Waals surface area contributed by atoms with Gasteiger partial charge in [-0.1, -0.05) is 6.07 Å². The number of ketones is 1. The predicted molar refractivity (Wildman–Crippen MR) is 97.0 cm³/mol. The number of carbonyl (C=O) groups excluding carboxylic acids is 1. The van der Waals surface area contributed by atoms with Crippen molar-refractivity contribution in [3.63, 3.8) is 0 Å². The van der Waals surface area contributed by atoms with Gasteiger partial charge < -0.3 is 14.6 Å². The second-order valence-corrected chi connectivity index (χ2v) is 8.74. The van der Waals surface area contributed by atoms with Crippen LogP contribution in [0.25, 0.3) is 0 Å². The first-order valence-electron chi connectivity index (χ1n) is 9.37. The van der Waals surface area contributed by atoms with Crippen molar-refractivity contribution < 1.29 is 14.1 Å². The fourth-order valence-corrected chi connectivity index (χ4v) is 4.15. The van der Waals surface area contributed by atoms with Crippen molar-refractivity contribution in [1.29, 1.82) is 0 Å². The molecule has 1 aromatic rings. The molecule has 0 aromatic carbocycles. The van der Waals surface area contributed by atoms with Crippen molar-refractivity contribution in [1.82, 2.24) is 10.3 Å². The van der Waals surface area contributed by atoms with E-state index < -0.39 is 7.12 Å². The molecule has 5 nitrogen and oxygen atoms in total. The quantitative estimate of drug-likeness (QED) is 0.673. The number of nitrogens with one attached hydrogen (secondary N) is 1. The minimum Gasteiger partial charge on any atom is -0.399 e. The van der Waals surface area contributed by atoms with Crippen molar-refractivity contribution in [2.75, 3.05) is 0 Å². The Labute approximate surface area is 150 Å². The molecule has 25 heavy (non-hydrogen) atoms. The SMILES string of the molecule is CC1(C)OB(c2ccc(C(=O)C3CC4CCC(C3)N4)nc2)OC1(C)C. The number of fused-ring (bicyclic) bond motifs is 2. The molecule has 0 radical (unpaired) electrons. The van der Waals surface area contributed by atoms with Crippen molar-refractivity contribution in [2.45, 2.75) is 76.7 Å². The monoisotopic (exact) mass is 342 g/mol. The second-order valence-electron chi connectivity index (χ2n) is 8.74. The van der Waals surface area contributed by atoms with Gasteiger partial charge in [0.15, 0.2) is 5.78 Å². The largest absolute Gasteiger partial charge is 0.496 e. The van der Waals surface area contributed by atoms with Crippen LogP contribution in [0.1, 0.15) is 63.9 Å². The fraction of sp³-hybridized carbons (Fsp3) is 0.684. The van der Waals surface area contributed by atoms with E-state index in [4.69, 9.17) is 9.31 Å². The van der Waals surface area contributed by atoms with Crippen LogP contribution < -0.4 is 10.8 Å². The third kappa shape index (κ3) is 3.05. The Morgan fingerprint density at radius 2 is 1.72 bits per heavy atom. The number of aromatic nitrogens is 1. The van der Waals surface area contributed by atoms with Gasteiger partial charge in [0.1, 0.15) is 5.69 Å². The van der Waals surface area contributed by atoms with Crippen LogP contribution in [0.2, 0.25) is 0 Å². The highest BCUT2D eigenvalue weighted by Crippen LogP contribution is 2.36. The van der Waals surface area contributed by atoms with E-state index in [1.54, 1.807) is 6.20 Å². The Hall–Kier alpha value is -1.24. The first kappa shape index (κ1) is 17.2. The number of Topliss-reactive ketones (excluding diaryl/α,β-unsaturated/α-hetero) is 1. The summed E-state index contributed by atoms with van der Waals surface area (Å²) in [7, 11) is -0.434. The minimum atomic E-state index is -0.434. The Bertz CT molecular complexity index is 646. The van der Waals surface area contributed by atoms with Gasteiger partial charge in [0.25, 0.3) is 0 Å². The topological polar surface area (TPSA) is 60.5 Å². The van der Waals surface area contributed by atoms with E-state index in [0.29, 0.717) is 17.8 Å². The maximum atomic E-state index is 12.8. The standard InChI is InChI=1S/C19H27BN2O3/c1-18(2)19(3,4)25-20(24-18)13-5-8-16(21-11-13)17(23)12-9-14-6-7-15(10-12)22-14/h5,8,11-12,14-15,22H,6-7,9-10H2,1-4H3. The first-order valence-corrected chi connectivity index (χ1v) is 9.37. The summed E-state index contributed by atoms with van der Waals surface area (Å²) in [6, 6.07) is 4.76. The van der Waals surface area contributed by atoms with Gasteiger partial charge in [-0.3, -0.25) is 9.78 Å². The maximum Gasteiger partial charge on any atom is 0.496 e. The van der Waals surface area contributed by atoms with Gasteiger partial charge in [-0.2, -0.15) is 0 Å². The zero-order valence-corrected chi connectivity index (χ0v) is 15.5. The molecule has 6 heteroatoms. The maximum absolute atomic E-state index is 12.8. The lowest BCUT2D eigenvalue weighted by Crippen LogP contribution is -2.41. The van der Waals surface area contributed by atoms with E-state index in [0.717, 1.165) is 18.3 Å². The highest BCUT2D eigenvalue weighted by molar-refractivity contribution is 6.62. The van der Waals surface area contributed by atoms with Crippen molar-refractivity contribution in [3.05, 3.63) is 24.0 Å². The second kappa shape index (κ2) is 5.90. The molecule has 4 rings (SSSR count). The molecule has 0 saturated carbocycles. The molecule has 0 spiro atoms. The summed E-state index contributed by atoms with van der Waals surface area (Å²) in [5, 5.41) is 3.58. The minimum absolute atomic E-state index is 0.106. The molecule has 2 unspecified atom stereocenters. The molecule has 2 bridgehead atoms. The van der Waals surface area contributed by atoms with Crippen LogP contribution in [0.5, 0.6) is 0 Å². The van der Waals surface area contributed by atoms with Crippen LogP contribution in [0, 0.1) is 5.92 Å². The third-order valence-electron chi connectivity index (χ3n) is 6.41. The number of hydrogen-bond donors (Lipinski definition) is 1. The molecular weight excluding hydrogens is 315 g/mol. The van der Waals surface area contributed by atoms with Crippen LogP contribution in [0.3, 0.4) is 0 Å². The van der Waals surface area contributed by atoms with Crippen molar-refractivity contribution in [2.24, 2.45) is 5.92 Å². The molecule has 2 atom stereocenters. The molecule has 3 saturated heterocycles. The molecule has 0 amide bonds. The molecular formula is C19H27BN2O3. The number of rotatable bonds is 3. The third-order valence-corrected chi connectivity index (χ3v) is 6.41. The fourth-order valence-electron chi connectivity index (χ4n) is 4.15. The van der Waals surface area contributed by atoms with E-state index >= 15 is 0 Å². The highest BCUT2D eigenvalue weighted by Gasteiger charge is 2.51. The molecule has 3 fully saturated rings. The van der Waals surface area contributed by atoms with Crippen LogP contribution in [-0.2, 0) is 9.31 Å². The van der Waals surface area contributed by atoms with Gasteiger partial charge in [-0.25, -0.2) is 0 Å². The average molecular weight is 342 g/mol. The lowest BCUT2D eigenvalue weighted by Gasteiger charge is -2.32. The van der Waals surface area contributed by atoms with Crippen molar-refractivity contribution in [3.8, 4) is 0 Å². The van der Waals surface area contributed by atoms with Crippen molar-refractivity contribution >= 4 is 18.4 Å². The molecule has 0 aliphatic carbocycles. The number of piperidine rings is 1. The van der Waals surface area contributed by atoms with E-state index in [2.05, 4.69) is 10.3 Å². The number of carbonyl (C=O) groups is 1. The summed E-state index contributed by atoms with van der Waals surface area (Å²) >= 11 is 0. The Kier molecular flexibility index (Phi) is 4.06. The summed E-state index contributed by atoms with van der Waals surface area (Å²) in [6.45, 7) is 8.13. The number of nitrogens with zero attached hydrogens (tertiary/aromatic N) is 1. The molecule has 3 aliphatic rings. The van der Waals surface area contributed by atoms with Gasteiger partial charge in [0.2, 0.25) is 0 Å². The molecule has 1 N–H and O–H groups in total. The molecule has 3 aliphatic heterocycles. The van der Waals surface area contributed by atoms with Crippen LogP contribution in [0.4, 0.5) is 0 Å². The first-order chi connectivity index (χ1) is 11.7.